The van der Waals surface area contributed by atoms with Gasteiger partial charge in [-0.2, -0.15) is 5.10 Å². The minimum absolute atomic E-state index is 0.331. The molecular weight excluding hydrogens is 254 g/mol. The number of aliphatic hydroxyl groups is 4. The van der Waals surface area contributed by atoms with Crippen LogP contribution in [-0.2, 0) is 0 Å². The van der Waals surface area contributed by atoms with Gasteiger partial charge in [0.25, 0.3) is 5.91 Å². The molecule has 0 aliphatic carbocycles. The second-order valence-corrected chi connectivity index (χ2v) is 3.69. The summed E-state index contributed by atoms with van der Waals surface area (Å²) in [7, 11) is 0. The molecular formula is C11H15N3O5. The van der Waals surface area contributed by atoms with Crippen LogP contribution >= 0.6 is 0 Å². The molecule has 0 aliphatic rings. The van der Waals surface area contributed by atoms with E-state index in [1.54, 1.807) is 0 Å². The lowest BCUT2D eigenvalue weighted by atomic mass is 10.1. The van der Waals surface area contributed by atoms with Crippen LogP contribution in [0.1, 0.15) is 10.4 Å². The predicted molar refractivity (Wildman–Crippen MR) is 65.3 cm³/mol. The highest BCUT2D eigenvalue weighted by Gasteiger charge is 2.22. The fraction of sp³-hybridized carbons (Fsp3) is 0.364. The Morgan fingerprint density at radius 1 is 1.37 bits per heavy atom. The Hall–Kier alpha value is -1.87. The molecule has 0 saturated carbocycles. The van der Waals surface area contributed by atoms with Crippen LogP contribution in [0, 0.1) is 0 Å². The van der Waals surface area contributed by atoms with Gasteiger partial charge in [-0.3, -0.25) is 9.78 Å². The first-order valence-corrected chi connectivity index (χ1v) is 5.45. The van der Waals surface area contributed by atoms with Crippen molar-refractivity contribution in [3.05, 3.63) is 30.1 Å². The van der Waals surface area contributed by atoms with Crippen LogP contribution in [0.3, 0.4) is 0 Å². The number of hydrogen-bond acceptors (Lipinski definition) is 7. The third-order valence-corrected chi connectivity index (χ3v) is 2.27. The Morgan fingerprint density at radius 3 is 2.58 bits per heavy atom. The van der Waals surface area contributed by atoms with Crippen LogP contribution in [0.5, 0.6) is 0 Å². The maximum Gasteiger partial charge on any atom is 0.271 e. The number of nitrogens with zero attached hydrogens (tertiary/aromatic N) is 2. The fourth-order valence-corrected chi connectivity index (χ4v) is 1.16. The molecule has 0 unspecified atom stereocenters. The third-order valence-electron chi connectivity index (χ3n) is 2.27. The normalized spacial score (nSPS) is 16.0. The van der Waals surface area contributed by atoms with Gasteiger partial charge in [0.2, 0.25) is 0 Å². The third kappa shape index (κ3) is 4.72. The van der Waals surface area contributed by atoms with Crippen molar-refractivity contribution in [3.8, 4) is 0 Å². The number of carbonyl (C=O) groups is 1. The summed E-state index contributed by atoms with van der Waals surface area (Å²) in [4.78, 5) is 15.2. The molecule has 0 aliphatic heterocycles. The van der Waals surface area contributed by atoms with E-state index in [-0.39, 0.29) is 0 Å². The molecule has 1 heterocycles. The van der Waals surface area contributed by atoms with Crippen LogP contribution in [0.25, 0.3) is 0 Å². The zero-order valence-electron chi connectivity index (χ0n) is 9.92. The molecule has 1 amide bonds. The first-order chi connectivity index (χ1) is 9.06. The van der Waals surface area contributed by atoms with Crippen LogP contribution < -0.4 is 5.43 Å². The molecule has 3 atom stereocenters. The van der Waals surface area contributed by atoms with E-state index in [0.29, 0.717) is 5.56 Å². The van der Waals surface area contributed by atoms with E-state index in [4.69, 9.17) is 10.2 Å². The number of hydrazone groups is 1. The Labute approximate surface area is 109 Å². The lowest BCUT2D eigenvalue weighted by molar-refractivity contribution is -0.0542. The van der Waals surface area contributed by atoms with Gasteiger partial charge >= 0.3 is 0 Å². The Balaban J connectivity index is 2.48. The fourth-order valence-electron chi connectivity index (χ4n) is 1.16. The van der Waals surface area contributed by atoms with E-state index in [9.17, 15) is 15.0 Å². The standard InChI is InChI=1S/C11H15N3O5/c15-6-9(17)10(18)8(16)5-13-14-11(19)7-1-3-12-4-2-7/h1-5,8-10,15-18H,6H2,(H,14,19)/t8-,9-,10+/m1/s1. The van der Waals surface area contributed by atoms with E-state index in [1.807, 2.05) is 0 Å². The lowest BCUT2D eigenvalue weighted by Crippen LogP contribution is -2.40. The van der Waals surface area contributed by atoms with Crippen molar-refractivity contribution in [1.82, 2.24) is 10.4 Å². The quantitative estimate of drug-likeness (QED) is 0.296. The van der Waals surface area contributed by atoms with Gasteiger partial charge in [0, 0.05) is 18.0 Å². The van der Waals surface area contributed by atoms with Gasteiger partial charge in [-0.15, -0.1) is 0 Å². The number of hydrogen-bond donors (Lipinski definition) is 5. The first-order valence-electron chi connectivity index (χ1n) is 5.45. The van der Waals surface area contributed by atoms with Crippen molar-refractivity contribution in [2.45, 2.75) is 18.3 Å². The van der Waals surface area contributed by atoms with Gasteiger partial charge < -0.3 is 20.4 Å². The van der Waals surface area contributed by atoms with Crippen LogP contribution in [0.15, 0.2) is 29.6 Å². The van der Waals surface area contributed by atoms with Gasteiger partial charge in [-0.05, 0) is 12.1 Å². The Bertz CT molecular complexity index is 426. The van der Waals surface area contributed by atoms with Crippen LogP contribution in [0.4, 0.5) is 0 Å². The topological polar surface area (TPSA) is 135 Å². The monoisotopic (exact) mass is 269 g/mol. The Kier molecular flexibility index (Phi) is 6.03. The van der Waals surface area contributed by atoms with Crippen molar-refractivity contribution in [2.24, 2.45) is 5.10 Å². The maximum atomic E-state index is 11.5. The summed E-state index contributed by atoms with van der Waals surface area (Å²) < 4.78 is 0. The zero-order valence-corrected chi connectivity index (χ0v) is 9.92. The second kappa shape index (κ2) is 7.54. The van der Waals surface area contributed by atoms with Gasteiger partial charge in [-0.25, -0.2) is 5.43 Å². The number of aliphatic hydroxyl groups excluding tert-OH is 4. The largest absolute Gasteiger partial charge is 0.394 e. The van der Waals surface area contributed by atoms with Crippen LogP contribution in [0.2, 0.25) is 0 Å². The molecule has 19 heavy (non-hydrogen) atoms. The molecule has 1 rings (SSSR count). The van der Waals surface area contributed by atoms with Crippen molar-refractivity contribution in [1.29, 1.82) is 0 Å². The molecule has 104 valence electrons. The van der Waals surface area contributed by atoms with Crippen LogP contribution in [-0.4, -0.2) is 62.5 Å². The molecule has 0 fully saturated rings. The number of amides is 1. The molecule has 0 spiro atoms. The van der Waals surface area contributed by atoms with E-state index in [0.717, 1.165) is 6.21 Å². The number of carbonyl (C=O) groups excluding carboxylic acids is 1. The van der Waals surface area contributed by atoms with E-state index >= 15 is 0 Å². The zero-order chi connectivity index (χ0) is 14.3. The number of pyridine rings is 1. The van der Waals surface area contributed by atoms with Gasteiger partial charge in [-0.1, -0.05) is 0 Å². The highest BCUT2D eigenvalue weighted by Crippen LogP contribution is 1.98. The summed E-state index contributed by atoms with van der Waals surface area (Å²) in [5.74, 6) is -0.511. The van der Waals surface area contributed by atoms with E-state index in [1.165, 1.54) is 24.5 Å². The predicted octanol–water partition coefficient (Wildman–Crippen LogP) is -2.13. The highest BCUT2D eigenvalue weighted by atomic mass is 16.4. The van der Waals surface area contributed by atoms with Crippen molar-refractivity contribution < 1.29 is 25.2 Å². The molecule has 0 aromatic carbocycles. The lowest BCUT2D eigenvalue weighted by Gasteiger charge is -2.17. The number of nitrogens with one attached hydrogen (secondary N) is 1. The SMILES string of the molecule is O=C(NN=C[C@@H](O)[C@H](O)[C@H](O)CO)c1ccncc1. The summed E-state index contributed by atoms with van der Waals surface area (Å²) in [5, 5.41) is 39.7. The molecule has 1 aromatic rings. The number of rotatable bonds is 6. The molecule has 8 nitrogen and oxygen atoms in total. The smallest absolute Gasteiger partial charge is 0.271 e. The molecule has 0 bridgehead atoms. The summed E-state index contributed by atoms with van der Waals surface area (Å²) >= 11 is 0. The average Bonchev–Trinajstić information content (AvgIpc) is 2.46. The number of aromatic nitrogens is 1. The highest BCUT2D eigenvalue weighted by molar-refractivity contribution is 5.94. The average molecular weight is 269 g/mol. The summed E-state index contributed by atoms with van der Waals surface area (Å²) in [5.41, 5.74) is 2.46. The minimum Gasteiger partial charge on any atom is -0.394 e. The molecule has 8 heteroatoms. The Morgan fingerprint density at radius 2 is 2.00 bits per heavy atom. The van der Waals surface area contributed by atoms with Gasteiger partial charge in [0.05, 0.1) is 12.8 Å². The second-order valence-electron chi connectivity index (χ2n) is 3.69. The minimum atomic E-state index is -1.59. The molecule has 1 aromatic heterocycles. The summed E-state index contributed by atoms with van der Waals surface area (Å²) in [6, 6.07) is 2.96. The van der Waals surface area contributed by atoms with Gasteiger partial charge in [0.15, 0.2) is 0 Å². The summed E-state index contributed by atoms with van der Waals surface area (Å²) in [6.07, 6.45) is -0.865. The summed E-state index contributed by atoms with van der Waals surface area (Å²) in [6.45, 7) is -0.699. The maximum absolute atomic E-state index is 11.5. The van der Waals surface area contributed by atoms with Crippen molar-refractivity contribution in [2.75, 3.05) is 6.61 Å². The van der Waals surface area contributed by atoms with Gasteiger partial charge in [0.1, 0.15) is 18.3 Å². The molecule has 5 N–H and O–H groups in total. The van der Waals surface area contributed by atoms with Crippen molar-refractivity contribution in [3.63, 3.8) is 0 Å². The van der Waals surface area contributed by atoms with E-state index in [2.05, 4.69) is 15.5 Å². The van der Waals surface area contributed by atoms with Crippen molar-refractivity contribution >= 4 is 12.1 Å². The first kappa shape index (κ1) is 15.2. The molecule has 0 saturated heterocycles. The molecule has 0 radical (unpaired) electrons. The van der Waals surface area contributed by atoms with E-state index < -0.39 is 30.8 Å².